The molecular formula is C18H22N8. The molecule has 0 amide bonds. The van der Waals surface area contributed by atoms with E-state index in [1.807, 2.05) is 19.1 Å². The van der Waals surface area contributed by atoms with Gasteiger partial charge >= 0.3 is 0 Å². The first-order valence-corrected chi connectivity index (χ1v) is 8.90. The van der Waals surface area contributed by atoms with Crippen LogP contribution in [0.2, 0.25) is 0 Å². The van der Waals surface area contributed by atoms with Crippen molar-refractivity contribution < 1.29 is 0 Å². The van der Waals surface area contributed by atoms with Crippen molar-refractivity contribution >= 4 is 11.8 Å². The quantitative estimate of drug-likeness (QED) is 0.730. The summed E-state index contributed by atoms with van der Waals surface area (Å²) in [4.78, 5) is 20.1. The molecule has 1 aliphatic rings. The van der Waals surface area contributed by atoms with E-state index in [9.17, 15) is 0 Å². The SMILES string of the molecule is Cc1nc(Nc2ncccn2)cc(C2CCCCN2Cc2ccn[nH]2)n1. The number of piperidine rings is 1. The average Bonchev–Trinajstić information content (AvgIpc) is 3.16. The van der Waals surface area contributed by atoms with Crippen LogP contribution in [0.25, 0.3) is 0 Å². The van der Waals surface area contributed by atoms with Crippen LogP contribution in [0.1, 0.15) is 42.5 Å². The predicted molar refractivity (Wildman–Crippen MR) is 97.7 cm³/mol. The van der Waals surface area contributed by atoms with Gasteiger partial charge in [0, 0.05) is 36.9 Å². The number of aromatic nitrogens is 6. The summed E-state index contributed by atoms with van der Waals surface area (Å²) < 4.78 is 0. The Kier molecular flexibility index (Phi) is 4.83. The fourth-order valence-electron chi connectivity index (χ4n) is 3.41. The highest BCUT2D eigenvalue weighted by atomic mass is 15.2. The van der Waals surface area contributed by atoms with Crippen molar-refractivity contribution in [1.82, 2.24) is 35.0 Å². The smallest absolute Gasteiger partial charge is 0.228 e. The van der Waals surface area contributed by atoms with E-state index in [2.05, 4.69) is 35.4 Å². The summed E-state index contributed by atoms with van der Waals surface area (Å²) in [6, 6.07) is 6.10. The van der Waals surface area contributed by atoms with Crippen LogP contribution in [0, 0.1) is 6.92 Å². The summed E-state index contributed by atoms with van der Waals surface area (Å²) in [5, 5.41) is 10.3. The molecule has 3 aromatic rings. The lowest BCUT2D eigenvalue weighted by molar-refractivity contribution is 0.135. The monoisotopic (exact) mass is 350 g/mol. The Labute approximate surface area is 152 Å². The number of anilines is 2. The second-order valence-electron chi connectivity index (χ2n) is 6.49. The van der Waals surface area contributed by atoms with Gasteiger partial charge in [0.1, 0.15) is 11.6 Å². The zero-order valence-electron chi connectivity index (χ0n) is 14.8. The highest BCUT2D eigenvalue weighted by Gasteiger charge is 2.26. The Hall–Kier alpha value is -2.87. The number of hydrogen-bond acceptors (Lipinski definition) is 7. The molecule has 0 radical (unpaired) electrons. The standard InChI is InChI=1S/C18H22N8/c1-13-22-15(11-17(23-13)24-18-19-7-4-8-20-18)16-5-2-3-10-26(16)12-14-6-9-21-25-14/h4,6-9,11,16H,2-3,5,10,12H2,1H3,(H,21,25)(H,19,20,22,23,24). The van der Waals surface area contributed by atoms with Gasteiger partial charge in [0.2, 0.25) is 5.95 Å². The van der Waals surface area contributed by atoms with Gasteiger partial charge in [-0.2, -0.15) is 5.10 Å². The van der Waals surface area contributed by atoms with Crippen LogP contribution in [-0.2, 0) is 6.54 Å². The molecule has 1 saturated heterocycles. The molecule has 1 atom stereocenters. The van der Waals surface area contributed by atoms with Gasteiger partial charge in [0.25, 0.3) is 0 Å². The molecule has 1 aliphatic heterocycles. The lowest BCUT2D eigenvalue weighted by Crippen LogP contribution is -2.33. The number of likely N-dealkylation sites (tertiary alicyclic amines) is 1. The van der Waals surface area contributed by atoms with Crippen LogP contribution in [0.3, 0.4) is 0 Å². The first-order chi connectivity index (χ1) is 12.8. The van der Waals surface area contributed by atoms with Crippen molar-refractivity contribution in [3.63, 3.8) is 0 Å². The summed E-state index contributed by atoms with van der Waals surface area (Å²) in [5.41, 5.74) is 2.16. The second kappa shape index (κ2) is 7.57. The average molecular weight is 350 g/mol. The summed E-state index contributed by atoms with van der Waals surface area (Å²) in [7, 11) is 0. The molecule has 0 aliphatic carbocycles. The Bertz CT molecular complexity index is 834. The Morgan fingerprint density at radius 3 is 2.88 bits per heavy atom. The molecule has 0 bridgehead atoms. The Balaban J connectivity index is 1.58. The molecule has 4 rings (SSSR count). The topological polar surface area (TPSA) is 95.5 Å². The van der Waals surface area contributed by atoms with Crippen molar-refractivity contribution in [2.45, 2.75) is 38.8 Å². The molecule has 2 N–H and O–H groups in total. The number of hydrogen-bond donors (Lipinski definition) is 2. The fraction of sp³-hybridized carbons (Fsp3) is 0.389. The maximum absolute atomic E-state index is 4.72. The van der Waals surface area contributed by atoms with Crippen LogP contribution in [0.4, 0.5) is 11.8 Å². The molecule has 134 valence electrons. The zero-order valence-corrected chi connectivity index (χ0v) is 14.8. The number of H-pyrrole nitrogens is 1. The van der Waals surface area contributed by atoms with Crippen molar-refractivity contribution in [3.8, 4) is 0 Å². The first-order valence-electron chi connectivity index (χ1n) is 8.90. The maximum atomic E-state index is 4.72. The van der Waals surface area contributed by atoms with E-state index in [1.54, 1.807) is 24.7 Å². The minimum atomic E-state index is 0.269. The van der Waals surface area contributed by atoms with Gasteiger partial charge in [-0.05, 0) is 38.4 Å². The van der Waals surface area contributed by atoms with Gasteiger partial charge in [0.15, 0.2) is 0 Å². The van der Waals surface area contributed by atoms with Crippen LogP contribution < -0.4 is 5.32 Å². The minimum Gasteiger partial charge on any atom is -0.309 e. The van der Waals surface area contributed by atoms with Gasteiger partial charge in [-0.1, -0.05) is 6.42 Å². The molecule has 0 saturated carbocycles. The number of nitrogens with one attached hydrogen (secondary N) is 2. The fourth-order valence-corrected chi connectivity index (χ4v) is 3.41. The van der Waals surface area contributed by atoms with E-state index >= 15 is 0 Å². The lowest BCUT2D eigenvalue weighted by atomic mass is 9.98. The predicted octanol–water partition coefficient (Wildman–Crippen LogP) is 2.77. The van der Waals surface area contributed by atoms with E-state index in [0.29, 0.717) is 5.95 Å². The molecule has 8 nitrogen and oxygen atoms in total. The normalized spacial score (nSPS) is 18.0. The molecular weight excluding hydrogens is 328 g/mol. The summed E-state index contributed by atoms with van der Waals surface area (Å²) in [5.74, 6) is 2.01. The van der Waals surface area contributed by atoms with Crippen LogP contribution in [0.15, 0.2) is 36.8 Å². The van der Waals surface area contributed by atoms with E-state index in [-0.39, 0.29) is 6.04 Å². The first kappa shape index (κ1) is 16.6. The van der Waals surface area contributed by atoms with Crippen molar-refractivity contribution in [2.24, 2.45) is 0 Å². The van der Waals surface area contributed by atoms with E-state index < -0.39 is 0 Å². The molecule has 0 aromatic carbocycles. The molecule has 8 heteroatoms. The van der Waals surface area contributed by atoms with Crippen LogP contribution in [-0.4, -0.2) is 41.6 Å². The number of nitrogens with zero attached hydrogens (tertiary/aromatic N) is 6. The van der Waals surface area contributed by atoms with E-state index in [1.165, 1.54) is 12.8 Å². The number of aromatic amines is 1. The van der Waals surface area contributed by atoms with Gasteiger partial charge in [-0.25, -0.2) is 19.9 Å². The summed E-state index contributed by atoms with van der Waals surface area (Å²) in [6.07, 6.45) is 8.71. The molecule has 0 spiro atoms. The molecule has 26 heavy (non-hydrogen) atoms. The second-order valence-corrected chi connectivity index (χ2v) is 6.49. The maximum Gasteiger partial charge on any atom is 0.228 e. The van der Waals surface area contributed by atoms with Crippen molar-refractivity contribution in [2.75, 3.05) is 11.9 Å². The zero-order chi connectivity index (χ0) is 17.8. The number of rotatable bonds is 5. The van der Waals surface area contributed by atoms with Gasteiger partial charge in [-0.3, -0.25) is 10.00 Å². The molecule has 4 heterocycles. The highest BCUT2D eigenvalue weighted by molar-refractivity contribution is 5.48. The third-order valence-electron chi connectivity index (χ3n) is 4.55. The third-order valence-corrected chi connectivity index (χ3v) is 4.55. The lowest BCUT2D eigenvalue weighted by Gasteiger charge is -2.35. The molecule has 1 fully saturated rings. The van der Waals surface area contributed by atoms with Crippen molar-refractivity contribution in [3.05, 3.63) is 54.0 Å². The van der Waals surface area contributed by atoms with Crippen LogP contribution in [0.5, 0.6) is 0 Å². The molecule has 3 aromatic heterocycles. The summed E-state index contributed by atoms with van der Waals surface area (Å²) in [6.45, 7) is 3.82. The van der Waals surface area contributed by atoms with E-state index in [4.69, 9.17) is 4.98 Å². The van der Waals surface area contributed by atoms with Gasteiger partial charge in [-0.15, -0.1) is 0 Å². The Morgan fingerprint density at radius 2 is 2.08 bits per heavy atom. The highest BCUT2D eigenvalue weighted by Crippen LogP contribution is 2.32. The molecule has 1 unspecified atom stereocenters. The van der Waals surface area contributed by atoms with Crippen molar-refractivity contribution in [1.29, 1.82) is 0 Å². The third kappa shape index (κ3) is 3.85. The summed E-state index contributed by atoms with van der Waals surface area (Å²) >= 11 is 0. The van der Waals surface area contributed by atoms with E-state index in [0.717, 1.165) is 42.5 Å². The number of aryl methyl sites for hydroxylation is 1. The largest absolute Gasteiger partial charge is 0.309 e. The minimum absolute atomic E-state index is 0.269. The van der Waals surface area contributed by atoms with Gasteiger partial charge in [0.05, 0.1) is 11.7 Å². The van der Waals surface area contributed by atoms with Crippen LogP contribution >= 0.6 is 0 Å². The van der Waals surface area contributed by atoms with Gasteiger partial charge < -0.3 is 5.32 Å². The Morgan fingerprint density at radius 1 is 1.19 bits per heavy atom.